The molecule has 236 valence electrons. The number of rotatable bonds is 10. The van der Waals surface area contributed by atoms with Crippen LogP contribution in [-0.4, -0.2) is 38.1 Å². The number of amidine groups is 1. The highest BCUT2D eigenvalue weighted by Crippen LogP contribution is 2.29. The lowest BCUT2D eigenvalue weighted by Crippen LogP contribution is -2.42. The van der Waals surface area contributed by atoms with Gasteiger partial charge in [0.1, 0.15) is 5.57 Å². The molecule has 0 aliphatic carbocycles. The average Bonchev–Trinajstić information content (AvgIpc) is 3.38. The lowest BCUT2D eigenvalue weighted by atomic mass is 9.99. The third kappa shape index (κ3) is 7.51. The molecular weight excluding hydrogens is 605 g/mol. The molecule has 0 unspecified atom stereocenters. The van der Waals surface area contributed by atoms with Crippen molar-refractivity contribution in [2.75, 3.05) is 5.75 Å². The normalized spacial score (nSPS) is 14.6. The lowest BCUT2D eigenvalue weighted by Gasteiger charge is -2.28. The summed E-state index contributed by atoms with van der Waals surface area (Å²) in [6.45, 7) is 9.47. The second kappa shape index (κ2) is 15.2. The molecule has 1 aliphatic rings. The molecule has 8 heteroatoms. The Morgan fingerprint density at radius 3 is 2.11 bits per heavy atom. The molecule has 0 bridgehead atoms. The zero-order valence-corrected chi connectivity index (χ0v) is 27.4. The number of amides is 3. The minimum atomic E-state index is -0.659. The topological polar surface area (TPSA) is 83.8 Å². The van der Waals surface area contributed by atoms with Crippen LogP contribution in [0.4, 0.5) is 0 Å². The molecule has 0 saturated heterocycles. The van der Waals surface area contributed by atoms with Gasteiger partial charge in [0, 0.05) is 22.8 Å². The highest BCUT2D eigenvalue weighted by Gasteiger charge is 2.35. The smallest absolute Gasteiger partial charge is 0.285 e. The number of nitrogens with one attached hydrogen (secondary N) is 1. The first-order valence-electron chi connectivity index (χ1n) is 15.2. The van der Waals surface area contributed by atoms with Crippen LogP contribution in [0.5, 0.6) is 0 Å². The van der Waals surface area contributed by atoms with Gasteiger partial charge in [-0.3, -0.25) is 19.3 Å². The van der Waals surface area contributed by atoms with Crippen molar-refractivity contribution in [1.29, 1.82) is 0 Å². The summed E-state index contributed by atoms with van der Waals surface area (Å²) in [5, 5.41) is 3.24. The highest BCUT2D eigenvalue weighted by atomic mass is 32.2. The van der Waals surface area contributed by atoms with Gasteiger partial charge in [0.2, 0.25) is 5.91 Å². The van der Waals surface area contributed by atoms with Crippen LogP contribution in [0.3, 0.4) is 0 Å². The molecule has 1 aliphatic heterocycles. The third-order valence-electron chi connectivity index (χ3n) is 7.70. The number of aliphatic imine (C=N–C) groups is 1. The Balaban J connectivity index is 1.44. The first-order valence-corrected chi connectivity index (χ1v) is 16.2. The number of thioether (sulfide) groups is 1. The predicted octanol–water partition coefficient (Wildman–Crippen LogP) is 7.49. The number of benzene rings is 3. The van der Waals surface area contributed by atoms with Crippen LogP contribution in [-0.2, 0) is 14.4 Å². The predicted molar refractivity (Wildman–Crippen MR) is 191 cm³/mol. The van der Waals surface area contributed by atoms with Crippen molar-refractivity contribution in [2.24, 2.45) is 4.99 Å². The maximum atomic E-state index is 14.1. The van der Waals surface area contributed by atoms with Crippen molar-refractivity contribution < 1.29 is 14.4 Å². The number of carbonyl (C=O) groups excluding carboxylic acids is 3. The summed E-state index contributed by atoms with van der Waals surface area (Å²) >= 11 is 1.04. The van der Waals surface area contributed by atoms with Crippen molar-refractivity contribution in [3.05, 3.63) is 167 Å². The molecule has 3 amide bonds. The quantitative estimate of drug-likeness (QED) is 0.111. The fourth-order valence-electron chi connectivity index (χ4n) is 5.46. The van der Waals surface area contributed by atoms with Gasteiger partial charge < -0.3 is 9.88 Å². The lowest BCUT2D eigenvalue weighted by molar-refractivity contribution is -0.126. The number of para-hydroxylation sites is 1. The highest BCUT2D eigenvalue weighted by molar-refractivity contribution is 8.14. The second-order valence-electron chi connectivity index (χ2n) is 10.8. The van der Waals surface area contributed by atoms with Crippen molar-refractivity contribution in [3.63, 3.8) is 0 Å². The number of hydrogen-bond donors (Lipinski definition) is 1. The zero-order valence-electron chi connectivity index (χ0n) is 26.6. The van der Waals surface area contributed by atoms with Gasteiger partial charge in [-0.2, -0.15) is 4.99 Å². The van der Waals surface area contributed by atoms with Crippen molar-refractivity contribution >= 4 is 40.7 Å². The summed E-state index contributed by atoms with van der Waals surface area (Å²) in [5.41, 5.74) is 5.89. The van der Waals surface area contributed by atoms with Crippen molar-refractivity contribution in [1.82, 2.24) is 14.8 Å². The van der Waals surface area contributed by atoms with Crippen molar-refractivity contribution in [2.45, 2.75) is 26.8 Å². The van der Waals surface area contributed by atoms with Crippen LogP contribution in [0, 0.1) is 13.8 Å². The molecule has 0 radical (unpaired) electrons. The molecule has 47 heavy (non-hydrogen) atoms. The third-order valence-corrected chi connectivity index (χ3v) is 8.64. The van der Waals surface area contributed by atoms with E-state index in [0.29, 0.717) is 5.70 Å². The summed E-state index contributed by atoms with van der Waals surface area (Å²) < 4.78 is 2.08. The first kappa shape index (κ1) is 32.9. The van der Waals surface area contributed by atoms with Crippen LogP contribution < -0.4 is 5.32 Å². The van der Waals surface area contributed by atoms with E-state index in [1.165, 1.54) is 4.90 Å². The minimum Gasteiger partial charge on any atom is -0.344 e. The molecule has 1 N–H and O–H groups in total. The largest absolute Gasteiger partial charge is 0.344 e. The number of aryl methyl sites for hydroxylation is 1. The van der Waals surface area contributed by atoms with Gasteiger partial charge in [-0.05, 0) is 67.8 Å². The number of hydrogen-bond acceptors (Lipinski definition) is 4. The molecule has 0 spiro atoms. The molecule has 4 aromatic rings. The van der Waals surface area contributed by atoms with Gasteiger partial charge in [-0.1, -0.05) is 115 Å². The molecule has 2 heterocycles. The maximum Gasteiger partial charge on any atom is 0.285 e. The van der Waals surface area contributed by atoms with E-state index < -0.39 is 11.8 Å². The van der Waals surface area contributed by atoms with Gasteiger partial charge in [-0.25, -0.2) is 0 Å². The summed E-state index contributed by atoms with van der Waals surface area (Å²) in [6.07, 6.45) is 8.38. The van der Waals surface area contributed by atoms with Gasteiger partial charge in [0.05, 0.1) is 11.8 Å². The average molecular weight is 641 g/mol. The molecule has 0 saturated carbocycles. The van der Waals surface area contributed by atoms with Gasteiger partial charge in [-0.15, -0.1) is 0 Å². The molecule has 3 aromatic carbocycles. The van der Waals surface area contributed by atoms with Crippen LogP contribution in [0.2, 0.25) is 0 Å². The van der Waals surface area contributed by atoms with E-state index in [1.54, 1.807) is 37.3 Å². The Labute approximate surface area is 279 Å². The van der Waals surface area contributed by atoms with Crippen LogP contribution in [0.25, 0.3) is 11.8 Å². The Hall–Kier alpha value is -5.47. The minimum absolute atomic E-state index is 0.0633. The van der Waals surface area contributed by atoms with Crippen LogP contribution >= 0.6 is 11.8 Å². The molecule has 0 atom stereocenters. The fraction of sp³-hybridized carbons (Fsp3) is 0.128. The maximum absolute atomic E-state index is 14.1. The van der Waals surface area contributed by atoms with E-state index in [1.807, 2.05) is 111 Å². The molecule has 1 aromatic heterocycles. The number of aromatic nitrogens is 1. The molecule has 0 fully saturated rings. The summed E-state index contributed by atoms with van der Waals surface area (Å²) in [6, 6.07) is 30.9. The second-order valence-corrected chi connectivity index (χ2v) is 11.8. The fourth-order valence-corrected chi connectivity index (χ4v) is 6.27. The first-order chi connectivity index (χ1) is 22.8. The standard InChI is InChI=1S/C39H36N4O3S/c1-5-7-21-32(6-2)43-38(46)34(25-31-24-27(3)42(28(31)4)33-22-15-10-16-23-33)37(45)41-39(43)47-26-35(44)40-36(29-17-11-8-12-18-29)30-19-13-9-14-20-30/h5-25,36H,1,26H2,2-4H3,(H,40,44)/b21-7-,32-6+,34-25-. The number of carbonyl (C=O) groups is 3. The van der Waals surface area contributed by atoms with E-state index in [2.05, 4.69) is 21.5 Å². The van der Waals surface area contributed by atoms with Gasteiger partial charge >= 0.3 is 0 Å². The molecular formula is C39H36N4O3S. The monoisotopic (exact) mass is 640 g/mol. The number of allylic oxidation sites excluding steroid dienone is 4. The number of nitrogens with zero attached hydrogens (tertiary/aromatic N) is 3. The van der Waals surface area contributed by atoms with Crippen molar-refractivity contribution in [3.8, 4) is 5.69 Å². The Bertz CT molecular complexity index is 1870. The van der Waals surface area contributed by atoms with E-state index >= 15 is 0 Å². The Morgan fingerprint density at radius 2 is 1.53 bits per heavy atom. The van der Waals surface area contributed by atoms with E-state index in [9.17, 15) is 14.4 Å². The molecule has 7 nitrogen and oxygen atoms in total. The van der Waals surface area contributed by atoms with Crippen LogP contribution in [0.1, 0.15) is 41.0 Å². The van der Waals surface area contributed by atoms with E-state index in [4.69, 9.17) is 0 Å². The van der Waals surface area contributed by atoms with Gasteiger partial charge in [0.25, 0.3) is 11.8 Å². The Kier molecular flexibility index (Phi) is 10.6. The SMILES string of the molecule is C=C/C=C\C(=C/C)N1C(=O)/C(=C\c2cc(C)n(-c3ccccc3)c2C)C(=O)N=C1SCC(=O)NC(c1ccccc1)c1ccccc1. The Morgan fingerprint density at radius 1 is 0.936 bits per heavy atom. The summed E-state index contributed by atoms with van der Waals surface area (Å²) in [5.74, 6) is -1.52. The van der Waals surface area contributed by atoms with Crippen LogP contribution in [0.15, 0.2) is 144 Å². The zero-order chi connectivity index (χ0) is 33.3. The summed E-state index contributed by atoms with van der Waals surface area (Å²) in [4.78, 5) is 46.7. The van der Waals surface area contributed by atoms with E-state index in [-0.39, 0.29) is 28.4 Å². The molecule has 5 rings (SSSR count). The van der Waals surface area contributed by atoms with E-state index in [0.717, 1.165) is 45.5 Å². The summed E-state index contributed by atoms with van der Waals surface area (Å²) in [7, 11) is 0. The van der Waals surface area contributed by atoms with Gasteiger partial charge in [0.15, 0.2) is 5.17 Å².